The van der Waals surface area contributed by atoms with E-state index >= 15 is 0 Å². The minimum Gasteiger partial charge on any atom is -0.493 e. The minimum atomic E-state index is 0.287. The van der Waals surface area contributed by atoms with Crippen molar-refractivity contribution in [3.05, 3.63) is 34.9 Å². The molecule has 0 atom stereocenters. The highest BCUT2D eigenvalue weighted by Gasteiger charge is 2.13. The van der Waals surface area contributed by atoms with Crippen LogP contribution in [0, 0.1) is 0 Å². The number of hydrogen-bond donors (Lipinski definition) is 1. The summed E-state index contributed by atoms with van der Waals surface area (Å²) in [5, 5.41) is 7.69. The molecule has 7 heteroatoms. The van der Waals surface area contributed by atoms with Crippen molar-refractivity contribution in [3.8, 4) is 11.5 Å². The van der Waals surface area contributed by atoms with E-state index in [0.717, 1.165) is 17.9 Å². The molecule has 1 aromatic carbocycles. The van der Waals surface area contributed by atoms with Gasteiger partial charge in [0.2, 0.25) is 0 Å². The van der Waals surface area contributed by atoms with E-state index < -0.39 is 0 Å². The number of nitrogens with one attached hydrogen (secondary N) is 1. The van der Waals surface area contributed by atoms with E-state index in [9.17, 15) is 0 Å². The SMILES string of the molecule is CCn1ncnc1COc1c(Cl)cc(CNC)cc1OC. The number of nitrogens with zero attached hydrogens (tertiary/aromatic N) is 3. The van der Waals surface area contributed by atoms with Crippen LogP contribution in [0.1, 0.15) is 18.3 Å². The summed E-state index contributed by atoms with van der Waals surface area (Å²) in [4.78, 5) is 4.17. The van der Waals surface area contributed by atoms with E-state index in [2.05, 4.69) is 15.4 Å². The fraction of sp³-hybridized carbons (Fsp3) is 0.429. The second kappa shape index (κ2) is 7.28. The summed E-state index contributed by atoms with van der Waals surface area (Å²) >= 11 is 6.29. The molecule has 0 spiro atoms. The van der Waals surface area contributed by atoms with Crippen LogP contribution >= 0.6 is 11.6 Å². The van der Waals surface area contributed by atoms with Gasteiger partial charge in [-0.25, -0.2) is 9.67 Å². The zero-order valence-corrected chi connectivity index (χ0v) is 13.1. The Labute approximate surface area is 129 Å². The molecule has 2 aromatic rings. The van der Waals surface area contributed by atoms with Crippen LogP contribution in [0.2, 0.25) is 5.02 Å². The number of ether oxygens (including phenoxy) is 2. The molecule has 2 rings (SSSR count). The fourth-order valence-corrected chi connectivity index (χ4v) is 2.31. The van der Waals surface area contributed by atoms with Gasteiger partial charge in [0.15, 0.2) is 17.3 Å². The molecule has 0 aliphatic rings. The van der Waals surface area contributed by atoms with Crippen molar-refractivity contribution >= 4 is 11.6 Å². The predicted octanol–water partition coefficient (Wildman–Crippen LogP) is 2.26. The van der Waals surface area contributed by atoms with E-state index in [1.165, 1.54) is 6.33 Å². The van der Waals surface area contributed by atoms with Crippen LogP contribution in [0.3, 0.4) is 0 Å². The molecule has 0 unspecified atom stereocenters. The average Bonchev–Trinajstić information content (AvgIpc) is 2.93. The summed E-state index contributed by atoms with van der Waals surface area (Å²) in [5.74, 6) is 1.87. The van der Waals surface area contributed by atoms with Crippen LogP contribution in [0.15, 0.2) is 18.5 Å². The summed E-state index contributed by atoms with van der Waals surface area (Å²) in [6, 6.07) is 3.77. The lowest BCUT2D eigenvalue weighted by molar-refractivity contribution is 0.270. The van der Waals surface area contributed by atoms with Crippen LogP contribution in [0.5, 0.6) is 11.5 Å². The molecule has 1 N–H and O–H groups in total. The summed E-state index contributed by atoms with van der Waals surface area (Å²) in [6.45, 7) is 3.73. The normalized spacial score (nSPS) is 10.7. The van der Waals surface area contributed by atoms with Gasteiger partial charge in [-0.1, -0.05) is 11.6 Å². The van der Waals surface area contributed by atoms with Crippen LogP contribution in [0.25, 0.3) is 0 Å². The standard InChI is InChI=1S/C14H19ClN4O2/c1-4-19-13(17-9-18-19)8-21-14-11(15)5-10(7-16-2)6-12(14)20-3/h5-6,9,16H,4,7-8H2,1-3H3. The molecule has 0 aliphatic heterocycles. The number of aryl methyl sites for hydroxylation is 1. The minimum absolute atomic E-state index is 0.287. The van der Waals surface area contributed by atoms with Crippen molar-refractivity contribution in [2.24, 2.45) is 0 Å². The van der Waals surface area contributed by atoms with E-state index in [4.69, 9.17) is 21.1 Å². The fourth-order valence-electron chi connectivity index (χ4n) is 2.02. The van der Waals surface area contributed by atoms with Gasteiger partial charge in [-0.05, 0) is 31.7 Å². The van der Waals surface area contributed by atoms with Gasteiger partial charge < -0.3 is 14.8 Å². The first kappa shape index (κ1) is 15.6. The van der Waals surface area contributed by atoms with Crippen LogP contribution in [-0.4, -0.2) is 28.9 Å². The second-order valence-corrected chi connectivity index (χ2v) is 4.83. The molecule has 0 saturated carbocycles. The molecule has 0 amide bonds. The van der Waals surface area contributed by atoms with Gasteiger partial charge in [-0.15, -0.1) is 0 Å². The summed E-state index contributed by atoms with van der Waals surface area (Å²) in [6.07, 6.45) is 1.51. The largest absolute Gasteiger partial charge is 0.493 e. The third-order valence-electron chi connectivity index (χ3n) is 3.01. The Morgan fingerprint density at radius 3 is 2.86 bits per heavy atom. The molecule has 114 valence electrons. The number of benzene rings is 1. The number of methoxy groups -OCH3 is 1. The number of hydrogen-bond acceptors (Lipinski definition) is 5. The highest BCUT2D eigenvalue weighted by Crippen LogP contribution is 2.36. The lowest BCUT2D eigenvalue weighted by atomic mass is 10.2. The van der Waals surface area contributed by atoms with Gasteiger partial charge in [0.05, 0.1) is 12.1 Å². The first-order chi connectivity index (χ1) is 10.2. The topological polar surface area (TPSA) is 61.2 Å². The summed E-state index contributed by atoms with van der Waals surface area (Å²) < 4.78 is 12.9. The Hall–Kier alpha value is -1.79. The smallest absolute Gasteiger partial charge is 0.180 e. The highest BCUT2D eigenvalue weighted by atomic mass is 35.5. The molecule has 0 bridgehead atoms. The van der Waals surface area contributed by atoms with Gasteiger partial charge in [-0.2, -0.15) is 5.10 Å². The van der Waals surface area contributed by atoms with Gasteiger partial charge in [0, 0.05) is 13.1 Å². The van der Waals surface area contributed by atoms with Crippen molar-refractivity contribution in [1.82, 2.24) is 20.1 Å². The van der Waals surface area contributed by atoms with E-state index in [1.54, 1.807) is 11.8 Å². The molecule has 1 heterocycles. The van der Waals surface area contributed by atoms with Crippen molar-refractivity contribution in [2.75, 3.05) is 14.2 Å². The average molecular weight is 311 g/mol. The molecule has 6 nitrogen and oxygen atoms in total. The highest BCUT2D eigenvalue weighted by molar-refractivity contribution is 6.32. The monoisotopic (exact) mass is 310 g/mol. The Bertz CT molecular complexity index is 601. The lowest BCUT2D eigenvalue weighted by Gasteiger charge is -2.14. The van der Waals surface area contributed by atoms with Crippen molar-refractivity contribution in [1.29, 1.82) is 0 Å². The van der Waals surface area contributed by atoms with E-state index in [1.807, 2.05) is 26.1 Å². The van der Waals surface area contributed by atoms with Gasteiger partial charge in [0.25, 0.3) is 0 Å². The first-order valence-corrected chi connectivity index (χ1v) is 7.07. The Morgan fingerprint density at radius 1 is 1.38 bits per heavy atom. The molecular weight excluding hydrogens is 292 g/mol. The second-order valence-electron chi connectivity index (χ2n) is 4.42. The Morgan fingerprint density at radius 2 is 2.19 bits per heavy atom. The summed E-state index contributed by atoms with van der Waals surface area (Å²) in [7, 11) is 3.47. The lowest BCUT2D eigenvalue weighted by Crippen LogP contribution is -2.09. The predicted molar refractivity (Wildman–Crippen MR) is 80.8 cm³/mol. The zero-order valence-electron chi connectivity index (χ0n) is 12.4. The number of rotatable bonds is 7. The van der Waals surface area contributed by atoms with Crippen molar-refractivity contribution in [3.63, 3.8) is 0 Å². The molecule has 0 saturated heterocycles. The first-order valence-electron chi connectivity index (χ1n) is 6.70. The Kier molecular flexibility index (Phi) is 5.41. The maximum atomic E-state index is 6.29. The maximum Gasteiger partial charge on any atom is 0.180 e. The maximum absolute atomic E-state index is 6.29. The van der Waals surface area contributed by atoms with Gasteiger partial charge >= 0.3 is 0 Å². The molecular formula is C14H19ClN4O2. The van der Waals surface area contributed by atoms with Crippen LogP contribution in [0.4, 0.5) is 0 Å². The van der Waals surface area contributed by atoms with Gasteiger partial charge in [0.1, 0.15) is 12.9 Å². The van der Waals surface area contributed by atoms with Crippen molar-refractivity contribution < 1.29 is 9.47 Å². The zero-order chi connectivity index (χ0) is 15.2. The number of aromatic nitrogens is 3. The van der Waals surface area contributed by atoms with E-state index in [0.29, 0.717) is 23.1 Å². The molecule has 0 radical (unpaired) electrons. The summed E-state index contributed by atoms with van der Waals surface area (Å²) in [5.41, 5.74) is 1.03. The third kappa shape index (κ3) is 3.65. The quantitative estimate of drug-likeness (QED) is 0.850. The molecule has 21 heavy (non-hydrogen) atoms. The molecule has 1 aromatic heterocycles. The van der Waals surface area contributed by atoms with Gasteiger partial charge in [-0.3, -0.25) is 0 Å². The molecule has 0 fully saturated rings. The van der Waals surface area contributed by atoms with Crippen molar-refractivity contribution in [2.45, 2.75) is 26.6 Å². The Balaban J connectivity index is 2.19. The van der Waals surface area contributed by atoms with Crippen LogP contribution in [-0.2, 0) is 19.7 Å². The van der Waals surface area contributed by atoms with E-state index in [-0.39, 0.29) is 6.61 Å². The third-order valence-corrected chi connectivity index (χ3v) is 3.29. The number of halogens is 1. The molecule has 0 aliphatic carbocycles. The van der Waals surface area contributed by atoms with Crippen LogP contribution < -0.4 is 14.8 Å².